The number of carbonyl (C=O) groups is 1. The third-order valence-electron chi connectivity index (χ3n) is 3.21. The van der Waals surface area contributed by atoms with Gasteiger partial charge >= 0.3 is 0 Å². The number of ether oxygens (including phenoxy) is 1. The highest BCUT2D eigenvalue weighted by Gasteiger charge is 2.20. The molecule has 0 radical (unpaired) electrons. The van der Waals surface area contributed by atoms with Crippen LogP contribution in [0.1, 0.15) is 23.0 Å². The van der Waals surface area contributed by atoms with Gasteiger partial charge in [0.1, 0.15) is 10.6 Å². The zero-order valence-corrected chi connectivity index (χ0v) is 14.3. The predicted octanol–water partition coefficient (Wildman–Crippen LogP) is 1.32. The first-order valence-electron chi connectivity index (χ1n) is 7.33. The summed E-state index contributed by atoms with van der Waals surface area (Å²) in [5.74, 6) is -0.214. The van der Waals surface area contributed by atoms with Crippen molar-refractivity contribution in [3.05, 3.63) is 53.9 Å². The number of carbonyl (C=O) groups excluding carboxylic acids is 1. The van der Waals surface area contributed by atoms with Crippen molar-refractivity contribution in [1.29, 1.82) is 0 Å². The van der Waals surface area contributed by atoms with Gasteiger partial charge in [0, 0.05) is 18.3 Å². The highest BCUT2D eigenvalue weighted by Crippen LogP contribution is 2.24. The standard InChI is InChI=1S/C16H19N3O4S/c1-3-19-24(21,22)15-10-12(7-8-14(15)23-2)16(20)18-11-13-6-4-5-9-17-13/h4-10,19H,3,11H2,1-2H3,(H,18,20). The fraction of sp³-hybridized carbons (Fsp3) is 0.250. The first-order valence-corrected chi connectivity index (χ1v) is 8.82. The van der Waals surface area contributed by atoms with Crippen molar-refractivity contribution in [2.75, 3.05) is 13.7 Å². The second-order valence-corrected chi connectivity index (χ2v) is 6.61. The molecule has 2 rings (SSSR count). The number of aromatic nitrogens is 1. The van der Waals surface area contributed by atoms with E-state index in [0.29, 0.717) is 5.69 Å². The molecule has 0 aliphatic heterocycles. The number of hydrogen-bond donors (Lipinski definition) is 2. The molecule has 8 heteroatoms. The summed E-state index contributed by atoms with van der Waals surface area (Å²) in [7, 11) is -2.37. The molecule has 0 spiro atoms. The summed E-state index contributed by atoms with van der Waals surface area (Å²) in [5.41, 5.74) is 0.933. The van der Waals surface area contributed by atoms with Gasteiger partial charge in [-0.15, -0.1) is 0 Å². The van der Waals surface area contributed by atoms with E-state index < -0.39 is 15.9 Å². The molecular formula is C16H19N3O4S. The first-order chi connectivity index (χ1) is 11.5. The number of sulfonamides is 1. The summed E-state index contributed by atoms with van der Waals surface area (Å²) >= 11 is 0. The van der Waals surface area contributed by atoms with Crippen LogP contribution in [0.5, 0.6) is 5.75 Å². The number of nitrogens with zero attached hydrogens (tertiary/aromatic N) is 1. The maximum Gasteiger partial charge on any atom is 0.251 e. The lowest BCUT2D eigenvalue weighted by atomic mass is 10.2. The Bertz CT molecular complexity index is 807. The van der Waals surface area contributed by atoms with Gasteiger partial charge in [-0.2, -0.15) is 0 Å². The summed E-state index contributed by atoms with van der Waals surface area (Å²) < 4.78 is 31.9. The van der Waals surface area contributed by atoms with Crippen LogP contribution in [0.2, 0.25) is 0 Å². The van der Waals surface area contributed by atoms with Gasteiger partial charge in [0.15, 0.2) is 0 Å². The minimum Gasteiger partial charge on any atom is -0.495 e. The largest absolute Gasteiger partial charge is 0.495 e. The SMILES string of the molecule is CCNS(=O)(=O)c1cc(C(=O)NCc2ccccn2)ccc1OC. The van der Waals surface area contributed by atoms with E-state index in [0.717, 1.165) is 0 Å². The van der Waals surface area contributed by atoms with Crippen molar-refractivity contribution in [1.82, 2.24) is 15.0 Å². The molecule has 0 fully saturated rings. The van der Waals surface area contributed by atoms with E-state index in [2.05, 4.69) is 15.0 Å². The average Bonchev–Trinajstić information content (AvgIpc) is 2.60. The minimum atomic E-state index is -3.74. The minimum absolute atomic E-state index is 0.0719. The molecular weight excluding hydrogens is 330 g/mol. The number of hydrogen-bond acceptors (Lipinski definition) is 5. The molecule has 1 aromatic carbocycles. The molecule has 1 amide bonds. The lowest BCUT2D eigenvalue weighted by Gasteiger charge is -2.12. The summed E-state index contributed by atoms with van der Waals surface area (Å²) in [5, 5.41) is 2.71. The Hall–Kier alpha value is -2.45. The van der Waals surface area contributed by atoms with Gasteiger partial charge in [-0.1, -0.05) is 13.0 Å². The summed E-state index contributed by atoms with van der Waals surface area (Å²) in [6.45, 7) is 2.16. The van der Waals surface area contributed by atoms with Crippen LogP contribution in [0, 0.1) is 0 Å². The van der Waals surface area contributed by atoms with Gasteiger partial charge < -0.3 is 10.1 Å². The fourth-order valence-electron chi connectivity index (χ4n) is 2.07. The smallest absolute Gasteiger partial charge is 0.251 e. The van der Waals surface area contributed by atoms with Crippen LogP contribution in [-0.4, -0.2) is 33.0 Å². The van der Waals surface area contributed by atoms with E-state index in [1.54, 1.807) is 25.3 Å². The molecule has 2 N–H and O–H groups in total. The number of benzene rings is 1. The maximum absolute atomic E-state index is 12.3. The van der Waals surface area contributed by atoms with E-state index in [-0.39, 0.29) is 29.3 Å². The molecule has 2 aromatic rings. The molecule has 0 saturated heterocycles. The van der Waals surface area contributed by atoms with E-state index in [9.17, 15) is 13.2 Å². The van der Waals surface area contributed by atoms with Gasteiger partial charge in [0.25, 0.3) is 5.91 Å². The highest BCUT2D eigenvalue weighted by atomic mass is 32.2. The number of pyridine rings is 1. The van der Waals surface area contributed by atoms with Gasteiger partial charge in [-0.05, 0) is 30.3 Å². The van der Waals surface area contributed by atoms with Crippen molar-refractivity contribution in [2.24, 2.45) is 0 Å². The molecule has 0 aliphatic carbocycles. The van der Waals surface area contributed by atoms with Crippen molar-refractivity contribution in [3.8, 4) is 5.75 Å². The quantitative estimate of drug-likeness (QED) is 0.786. The van der Waals surface area contributed by atoms with E-state index in [1.165, 1.54) is 25.3 Å². The van der Waals surface area contributed by atoms with Crippen molar-refractivity contribution in [3.63, 3.8) is 0 Å². The number of nitrogens with one attached hydrogen (secondary N) is 2. The van der Waals surface area contributed by atoms with Crippen molar-refractivity contribution >= 4 is 15.9 Å². The Morgan fingerprint density at radius 2 is 2.04 bits per heavy atom. The normalized spacial score (nSPS) is 11.1. The molecule has 24 heavy (non-hydrogen) atoms. The molecule has 128 valence electrons. The maximum atomic E-state index is 12.3. The highest BCUT2D eigenvalue weighted by molar-refractivity contribution is 7.89. The Morgan fingerprint density at radius 1 is 1.25 bits per heavy atom. The average molecular weight is 349 g/mol. The van der Waals surface area contributed by atoms with E-state index >= 15 is 0 Å². The fourth-order valence-corrected chi connectivity index (χ4v) is 3.31. The number of amides is 1. The molecule has 0 aliphatic rings. The van der Waals surface area contributed by atoms with Gasteiger partial charge in [0.05, 0.1) is 19.3 Å². The van der Waals surface area contributed by atoms with E-state index in [1.807, 2.05) is 6.07 Å². The van der Waals surface area contributed by atoms with Crippen LogP contribution in [0.25, 0.3) is 0 Å². The Morgan fingerprint density at radius 3 is 2.67 bits per heavy atom. The Kier molecular flexibility index (Phi) is 5.88. The topological polar surface area (TPSA) is 97.4 Å². The zero-order valence-electron chi connectivity index (χ0n) is 13.4. The molecule has 1 aromatic heterocycles. The third-order valence-corrected chi connectivity index (χ3v) is 4.77. The zero-order chi connectivity index (χ0) is 17.6. The monoisotopic (exact) mass is 349 g/mol. The summed E-state index contributed by atoms with van der Waals surface area (Å²) in [4.78, 5) is 16.3. The molecule has 1 heterocycles. The van der Waals surface area contributed by atoms with Crippen LogP contribution < -0.4 is 14.8 Å². The molecule has 0 unspecified atom stereocenters. The van der Waals surface area contributed by atoms with Gasteiger partial charge in [-0.3, -0.25) is 9.78 Å². The second-order valence-electron chi connectivity index (χ2n) is 4.87. The molecule has 0 atom stereocenters. The van der Waals surface area contributed by atoms with Crippen LogP contribution in [0.15, 0.2) is 47.5 Å². The summed E-state index contributed by atoms with van der Waals surface area (Å²) in [6, 6.07) is 9.66. The third kappa shape index (κ3) is 4.30. The van der Waals surface area contributed by atoms with Crippen LogP contribution in [-0.2, 0) is 16.6 Å². The van der Waals surface area contributed by atoms with Crippen LogP contribution in [0.3, 0.4) is 0 Å². The molecule has 0 bridgehead atoms. The predicted molar refractivity (Wildman–Crippen MR) is 89.3 cm³/mol. The van der Waals surface area contributed by atoms with E-state index in [4.69, 9.17) is 4.74 Å². The second kappa shape index (κ2) is 7.89. The van der Waals surface area contributed by atoms with Gasteiger partial charge in [0.2, 0.25) is 10.0 Å². The van der Waals surface area contributed by atoms with Gasteiger partial charge in [-0.25, -0.2) is 13.1 Å². The summed E-state index contributed by atoms with van der Waals surface area (Å²) in [6.07, 6.45) is 1.63. The molecule has 0 saturated carbocycles. The Labute approximate surface area is 141 Å². The first kappa shape index (κ1) is 17.9. The van der Waals surface area contributed by atoms with Crippen LogP contribution in [0.4, 0.5) is 0 Å². The van der Waals surface area contributed by atoms with Crippen molar-refractivity contribution < 1.29 is 17.9 Å². The van der Waals surface area contributed by atoms with Crippen molar-refractivity contribution in [2.45, 2.75) is 18.4 Å². The Balaban J connectivity index is 2.23. The van der Waals surface area contributed by atoms with Crippen LogP contribution >= 0.6 is 0 Å². The number of methoxy groups -OCH3 is 1. The number of rotatable bonds is 7. The lowest BCUT2D eigenvalue weighted by Crippen LogP contribution is -2.26. The lowest BCUT2D eigenvalue weighted by molar-refractivity contribution is 0.0950. The molecule has 7 nitrogen and oxygen atoms in total.